The van der Waals surface area contributed by atoms with Crippen molar-refractivity contribution in [1.29, 1.82) is 0 Å². The third-order valence-corrected chi connectivity index (χ3v) is 2.96. The van der Waals surface area contributed by atoms with Crippen LogP contribution in [0.5, 0.6) is 0 Å². The van der Waals surface area contributed by atoms with Crippen molar-refractivity contribution >= 4 is 17.5 Å². The van der Waals surface area contributed by atoms with Crippen LogP contribution >= 0.6 is 11.6 Å². The van der Waals surface area contributed by atoms with Crippen LogP contribution in [0.15, 0.2) is 42.6 Å². The van der Waals surface area contributed by atoms with E-state index in [-0.39, 0.29) is 11.9 Å². The van der Waals surface area contributed by atoms with Crippen LogP contribution in [0.2, 0.25) is 5.02 Å². The fraction of sp³-hybridized carbons (Fsp3) is 0.143. The van der Waals surface area contributed by atoms with Gasteiger partial charge in [-0.25, -0.2) is 4.98 Å². The monoisotopic (exact) mass is 278 g/mol. The second kappa shape index (κ2) is 5.80. The molecular weight excluding hydrogens is 267 g/mol. The van der Waals surface area contributed by atoms with E-state index in [0.29, 0.717) is 10.6 Å². The average Bonchev–Trinajstić information content (AvgIpc) is 2.40. The first-order chi connectivity index (χ1) is 9.06. The molecule has 2 aromatic rings. The van der Waals surface area contributed by atoms with Gasteiger partial charge in [0.2, 0.25) is 5.95 Å². The van der Waals surface area contributed by atoms with Gasteiger partial charge in [0.05, 0.1) is 11.6 Å². The van der Waals surface area contributed by atoms with Gasteiger partial charge in [-0.3, -0.25) is 4.79 Å². The molecule has 0 aliphatic heterocycles. The highest BCUT2D eigenvalue weighted by Crippen LogP contribution is 2.16. The van der Waals surface area contributed by atoms with Crippen molar-refractivity contribution in [3.05, 3.63) is 64.7 Å². The molecule has 0 saturated carbocycles. The van der Waals surface area contributed by atoms with Gasteiger partial charge in [-0.15, -0.1) is 0 Å². The highest BCUT2D eigenvalue weighted by atomic mass is 35.5. The van der Waals surface area contributed by atoms with Gasteiger partial charge in [0.25, 0.3) is 5.91 Å². The molecule has 0 saturated heterocycles. The smallest absolute Gasteiger partial charge is 0.253 e. The first-order valence-electron chi connectivity index (χ1n) is 5.74. The van der Waals surface area contributed by atoms with Crippen LogP contribution in [0, 0.1) is 5.95 Å². The fourth-order valence-electron chi connectivity index (χ4n) is 1.62. The van der Waals surface area contributed by atoms with Crippen molar-refractivity contribution in [1.82, 2.24) is 10.3 Å². The third kappa shape index (κ3) is 3.51. The minimum absolute atomic E-state index is 0.171. The molecule has 0 radical (unpaired) electrons. The summed E-state index contributed by atoms with van der Waals surface area (Å²) in [5, 5.41) is 3.45. The molecule has 3 nitrogen and oxygen atoms in total. The Morgan fingerprint density at radius 3 is 2.53 bits per heavy atom. The van der Waals surface area contributed by atoms with Crippen LogP contribution in [-0.2, 0) is 0 Å². The van der Waals surface area contributed by atoms with Crippen LogP contribution in [-0.4, -0.2) is 10.9 Å². The lowest BCUT2D eigenvalue weighted by atomic mass is 10.1. The minimum atomic E-state index is -0.609. The van der Waals surface area contributed by atoms with Crippen molar-refractivity contribution in [3.63, 3.8) is 0 Å². The lowest BCUT2D eigenvalue weighted by molar-refractivity contribution is 0.0939. The highest BCUT2D eigenvalue weighted by Gasteiger charge is 2.11. The summed E-state index contributed by atoms with van der Waals surface area (Å²) in [7, 11) is 0. The molecular formula is C14H12ClFN2O. The summed E-state index contributed by atoms with van der Waals surface area (Å²) < 4.78 is 12.7. The van der Waals surface area contributed by atoms with Crippen molar-refractivity contribution in [3.8, 4) is 0 Å². The summed E-state index contributed by atoms with van der Waals surface area (Å²) in [6.07, 6.45) is 1.21. The fourth-order valence-corrected chi connectivity index (χ4v) is 1.75. The van der Waals surface area contributed by atoms with Gasteiger partial charge in [0.1, 0.15) is 0 Å². The van der Waals surface area contributed by atoms with Crippen molar-refractivity contribution in [2.45, 2.75) is 13.0 Å². The molecule has 0 spiro atoms. The standard InChI is InChI=1S/C14H12ClFN2O/c1-9(10-2-5-12(15)6-3-10)18-14(19)11-4-7-13(16)17-8-11/h2-9H,1H3,(H,18,19). The number of pyridine rings is 1. The van der Waals surface area contributed by atoms with E-state index in [4.69, 9.17) is 11.6 Å². The number of rotatable bonds is 3. The van der Waals surface area contributed by atoms with E-state index in [1.165, 1.54) is 12.3 Å². The second-order valence-electron chi connectivity index (χ2n) is 4.12. The number of nitrogens with zero attached hydrogens (tertiary/aromatic N) is 1. The Hall–Kier alpha value is -1.94. The summed E-state index contributed by atoms with van der Waals surface area (Å²) in [6.45, 7) is 1.86. The predicted octanol–water partition coefficient (Wildman–Crippen LogP) is 3.37. The number of nitrogens with one attached hydrogen (secondary N) is 1. The molecule has 0 aliphatic rings. The summed E-state index contributed by atoms with van der Waals surface area (Å²) in [4.78, 5) is 15.4. The van der Waals surface area contributed by atoms with Crippen LogP contribution in [0.4, 0.5) is 4.39 Å². The Morgan fingerprint density at radius 2 is 1.95 bits per heavy atom. The average molecular weight is 279 g/mol. The normalized spacial score (nSPS) is 11.9. The number of carbonyl (C=O) groups excluding carboxylic acids is 1. The Bertz CT molecular complexity index is 569. The summed E-state index contributed by atoms with van der Waals surface area (Å²) >= 11 is 5.80. The molecule has 19 heavy (non-hydrogen) atoms. The van der Waals surface area contributed by atoms with Gasteiger partial charge in [0.15, 0.2) is 0 Å². The molecule has 1 atom stereocenters. The van der Waals surface area contributed by atoms with Crippen molar-refractivity contribution in [2.75, 3.05) is 0 Å². The zero-order valence-electron chi connectivity index (χ0n) is 10.2. The molecule has 98 valence electrons. The van der Waals surface area contributed by atoms with Gasteiger partial charge in [-0.1, -0.05) is 23.7 Å². The maximum Gasteiger partial charge on any atom is 0.253 e. The Labute approximate surface area is 115 Å². The molecule has 5 heteroatoms. The zero-order valence-corrected chi connectivity index (χ0v) is 11.0. The minimum Gasteiger partial charge on any atom is -0.345 e. The summed E-state index contributed by atoms with van der Waals surface area (Å²) in [5.74, 6) is -0.905. The Kier molecular flexibility index (Phi) is 4.12. The molecule has 1 aromatic carbocycles. The van der Waals surface area contributed by atoms with E-state index < -0.39 is 5.95 Å². The number of hydrogen-bond acceptors (Lipinski definition) is 2. The van der Waals surface area contributed by atoms with E-state index in [0.717, 1.165) is 11.6 Å². The van der Waals surface area contributed by atoms with Gasteiger partial charge in [-0.2, -0.15) is 4.39 Å². The van der Waals surface area contributed by atoms with Crippen molar-refractivity contribution < 1.29 is 9.18 Å². The van der Waals surface area contributed by atoms with E-state index in [1.807, 2.05) is 19.1 Å². The number of aromatic nitrogens is 1. The maximum atomic E-state index is 12.7. The van der Waals surface area contributed by atoms with E-state index in [9.17, 15) is 9.18 Å². The Morgan fingerprint density at radius 1 is 1.26 bits per heavy atom. The van der Waals surface area contributed by atoms with Gasteiger partial charge in [0, 0.05) is 11.2 Å². The summed E-state index contributed by atoms with van der Waals surface area (Å²) in [6, 6.07) is 9.59. The summed E-state index contributed by atoms with van der Waals surface area (Å²) in [5.41, 5.74) is 1.26. The van der Waals surface area contributed by atoms with Crippen LogP contribution in [0.25, 0.3) is 0 Å². The quantitative estimate of drug-likeness (QED) is 0.875. The van der Waals surface area contributed by atoms with Crippen LogP contribution in [0.1, 0.15) is 28.9 Å². The molecule has 1 N–H and O–H groups in total. The topological polar surface area (TPSA) is 42.0 Å². The molecule has 1 heterocycles. The first-order valence-corrected chi connectivity index (χ1v) is 6.12. The largest absolute Gasteiger partial charge is 0.345 e. The third-order valence-electron chi connectivity index (χ3n) is 2.71. The molecule has 2 rings (SSSR count). The van der Waals surface area contributed by atoms with Crippen molar-refractivity contribution in [2.24, 2.45) is 0 Å². The molecule has 0 bridgehead atoms. The zero-order chi connectivity index (χ0) is 13.8. The van der Waals surface area contributed by atoms with Gasteiger partial charge >= 0.3 is 0 Å². The number of benzene rings is 1. The first kappa shape index (κ1) is 13.5. The van der Waals surface area contributed by atoms with E-state index in [2.05, 4.69) is 10.3 Å². The molecule has 0 aliphatic carbocycles. The lowest BCUT2D eigenvalue weighted by Crippen LogP contribution is -2.26. The van der Waals surface area contributed by atoms with Gasteiger partial charge in [-0.05, 0) is 36.8 Å². The molecule has 1 amide bonds. The predicted molar refractivity (Wildman–Crippen MR) is 71.5 cm³/mol. The number of hydrogen-bond donors (Lipinski definition) is 1. The highest BCUT2D eigenvalue weighted by molar-refractivity contribution is 6.30. The maximum absolute atomic E-state index is 12.7. The van der Waals surface area contributed by atoms with Crippen LogP contribution < -0.4 is 5.32 Å². The van der Waals surface area contributed by atoms with E-state index >= 15 is 0 Å². The Balaban J connectivity index is 2.06. The number of amides is 1. The second-order valence-corrected chi connectivity index (χ2v) is 4.55. The molecule has 1 unspecified atom stereocenters. The number of carbonyl (C=O) groups is 1. The molecule has 0 fully saturated rings. The molecule has 1 aromatic heterocycles. The number of halogens is 2. The van der Waals surface area contributed by atoms with E-state index in [1.54, 1.807) is 12.1 Å². The van der Waals surface area contributed by atoms with Gasteiger partial charge < -0.3 is 5.32 Å². The lowest BCUT2D eigenvalue weighted by Gasteiger charge is -2.14. The SMILES string of the molecule is CC(NC(=O)c1ccc(F)nc1)c1ccc(Cl)cc1. The van der Waals surface area contributed by atoms with Crippen LogP contribution in [0.3, 0.4) is 0 Å².